The maximum absolute atomic E-state index is 12.3. The number of hydrogen-bond acceptors (Lipinski definition) is 4. The lowest BCUT2D eigenvalue weighted by Gasteiger charge is -2.35. The van der Waals surface area contributed by atoms with Crippen LogP contribution in [0.15, 0.2) is 54.6 Å². The molecule has 2 aliphatic rings. The Kier molecular flexibility index (Phi) is 4.70. The summed E-state index contributed by atoms with van der Waals surface area (Å²) in [6.07, 6.45) is 1.19. The smallest absolute Gasteiger partial charge is 0.315 e. The third-order valence-electron chi connectivity index (χ3n) is 5.79. The quantitative estimate of drug-likeness (QED) is 0.796. The number of benzene rings is 2. The van der Waals surface area contributed by atoms with Crippen molar-refractivity contribution in [1.82, 2.24) is 4.90 Å². The molecule has 5 nitrogen and oxygen atoms in total. The average molecular weight is 365 g/mol. The molecular weight excluding hydrogens is 342 g/mol. The summed E-state index contributed by atoms with van der Waals surface area (Å²) in [6, 6.07) is 17.0. The number of aliphatic carboxylic acids is 1. The number of carbonyl (C=O) groups is 2. The second kappa shape index (κ2) is 7.16. The van der Waals surface area contributed by atoms with E-state index in [4.69, 9.17) is 4.74 Å². The molecule has 27 heavy (non-hydrogen) atoms. The number of rotatable bonds is 6. The number of fused-ring (bicyclic) bond motifs is 3. The van der Waals surface area contributed by atoms with Crippen LogP contribution < -0.4 is 4.74 Å². The van der Waals surface area contributed by atoms with Crippen LogP contribution in [0.25, 0.3) is 0 Å². The minimum Gasteiger partial charge on any atom is -0.492 e. The highest BCUT2D eigenvalue weighted by Gasteiger charge is 2.56. The number of para-hydroxylation sites is 1. The number of hydrogen-bond donors (Lipinski definition) is 1. The highest BCUT2D eigenvalue weighted by molar-refractivity contribution is 5.95. The van der Waals surface area contributed by atoms with Gasteiger partial charge in [-0.05, 0) is 24.6 Å². The van der Waals surface area contributed by atoms with Gasteiger partial charge in [0, 0.05) is 31.0 Å². The van der Waals surface area contributed by atoms with Crippen LogP contribution in [0.1, 0.15) is 34.7 Å². The van der Waals surface area contributed by atoms with Gasteiger partial charge in [-0.15, -0.1) is 0 Å². The van der Waals surface area contributed by atoms with E-state index in [1.807, 2.05) is 54.6 Å². The van der Waals surface area contributed by atoms with Crippen LogP contribution in [-0.4, -0.2) is 48.0 Å². The lowest BCUT2D eigenvalue weighted by Crippen LogP contribution is -2.45. The number of nitrogens with zero attached hydrogens (tertiary/aromatic N) is 1. The first-order valence-electron chi connectivity index (χ1n) is 9.36. The van der Waals surface area contributed by atoms with E-state index in [0.717, 1.165) is 23.3 Å². The summed E-state index contributed by atoms with van der Waals surface area (Å²) in [5.74, 6) is 0.0453. The Bertz CT molecular complexity index is 850. The lowest BCUT2D eigenvalue weighted by molar-refractivity contribution is -0.151. The summed E-state index contributed by atoms with van der Waals surface area (Å²) >= 11 is 0. The van der Waals surface area contributed by atoms with Gasteiger partial charge in [-0.25, -0.2) is 0 Å². The monoisotopic (exact) mass is 365 g/mol. The Morgan fingerprint density at radius 1 is 1.11 bits per heavy atom. The highest BCUT2D eigenvalue weighted by Crippen LogP contribution is 2.49. The fourth-order valence-electron chi connectivity index (χ4n) is 4.34. The zero-order valence-corrected chi connectivity index (χ0v) is 15.1. The molecule has 2 aliphatic heterocycles. The second-order valence-electron chi connectivity index (χ2n) is 7.47. The van der Waals surface area contributed by atoms with Crippen molar-refractivity contribution in [1.29, 1.82) is 0 Å². The molecule has 2 heterocycles. The number of carboxylic acid groups (broad SMARTS) is 1. The van der Waals surface area contributed by atoms with Gasteiger partial charge in [0.25, 0.3) is 0 Å². The number of carboxylic acids is 1. The van der Waals surface area contributed by atoms with Crippen molar-refractivity contribution in [3.05, 3.63) is 65.7 Å². The van der Waals surface area contributed by atoms with Crippen LogP contribution >= 0.6 is 0 Å². The zero-order valence-electron chi connectivity index (χ0n) is 15.1. The van der Waals surface area contributed by atoms with E-state index in [0.29, 0.717) is 26.1 Å². The Morgan fingerprint density at radius 2 is 1.85 bits per heavy atom. The summed E-state index contributed by atoms with van der Waals surface area (Å²) in [4.78, 5) is 26.6. The SMILES string of the molecule is O=C(CCCN1C[C@@H]2c3ccccc3OC[C@]2(C(=O)O)C1)c1ccccc1. The molecule has 0 radical (unpaired) electrons. The number of Topliss-reactive ketones (excluding diaryl/α,β-unsaturated/α-hetero) is 1. The number of ketones is 1. The van der Waals surface area contributed by atoms with Crippen LogP contribution in [0.2, 0.25) is 0 Å². The maximum Gasteiger partial charge on any atom is 0.315 e. The van der Waals surface area contributed by atoms with Crippen LogP contribution in [0.3, 0.4) is 0 Å². The topological polar surface area (TPSA) is 66.8 Å². The number of carbonyl (C=O) groups excluding carboxylic acids is 1. The van der Waals surface area contributed by atoms with Gasteiger partial charge in [0.1, 0.15) is 17.8 Å². The summed E-state index contributed by atoms with van der Waals surface area (Å²) in [5, 5.41) is 9.94. The van der Waals surface area contributed by atoms with Gasteiger partial charge in [-0.2, -0.15) is 0 Å². The number of likely N-dealkylation sites (tertiary alicyclic amines) is 1. The second-order valence-corrected chi connectivity index (χ2v) is 7.47. The molecule has 0 saturated carbocycles. The normalized spacial score (nSPS) is 23.9. The lowest BCUT2D eigenvalue weighted by atomic mass is 9.73. The van der Waals surface area contributed by atoms with E-state index >= 15 is 0 Å². The minimum atomic E-state index is -0.905. The molecule has 5 heteroatoms. The molecule has 0 unspecified atom stereocenters. The van der Waals surface area contributed by atoms with Crippen molar-refractivity contribution in [3.63, 3.8) is 0 Å². The van der Waals surface area contributed by atoms with Crippen LogP contribution in [0.4, 0.5) is 0 Å². The maximum atomic E-state index is 12.3. The molecule has 1 fully saturated rings. The molecule has 140 valence electrons. The van der Waals surface area contributed by atoms with E-state index in [1.165, 1.54) is 0 Å². The number of ether oxygens (including phenoxy) is 1. The van der Waals surface area contributed by atoms with Gasteiger partial charge in [-0.1, -0.05) is 48.5 Å². The van der Waals surface area contributed by atoms with Gasteiger partial charge < -0.3 is 14.7 Å². The predicted octanol–water partition coefficient (Wildman–Crippen LogP) is 3.21. The van der Waals surface area contributed by atoms with Crippen LogP contribution in [-0.2, 0) is 4.79 Å². The van der Waals surface area contributed by atoms with Gasteiger partial charge in [0.15, 0.2) is 5.78 Å². The van der Waals surface area contributed by atoms with Gasteiger partial charge >= 0.3 is 5.97 Å². The molecule has 0 bridgehead atoms. The summed E-state index contributed by atoms with van der Waals surface area (Å²) in [7, 11) is 0. The van der Waals surface area contributed by atoms with E-state index < -0.39 is 11.4 Å². The van der Waals surface area contributed by atoms with Crippen molar-refractivity contribution in [2.45, 2.75) is 18.8 Å². The summed E-state index contributed by atoms with van der Waals surface area (Å²) < 4.78 is 5.79. The Balaban J connectivity index is 1.43. The molecule has 0 amide bonds. The van der Waals surface area contributed by atoms with Crippen LogP contribution in [0, 0.1) is 5.41 Å². The van der Waals surface area contributed by atoms with Crippen LogP contribution in [0.5, 0.6) is 5.75 Å². The molecular formula is C22H23NO4. The Morgan fingerprint density at radius 3 is 2.63 bits per heavy atom. The Labute approximate surface area is 158 Å². The minimum absolute atomic E-state index is 0.0789. The first-order valence-corrected chi connectivity index (χ1v) is 9.36. The zero-order chi connectivity index (χ0) is 18.9. The molecule has 2 atom stereocenters. The summed E-state index contributed by atoms with van der Waals surface area (Å²) in [5.41, 5.74) is 0.809. The third kappa shape index (κ3) is 3.23. The standard InChI is InChI=1S/C22H23NO4/c24-19(16-7-2-1-3-8-16)10-6-12-23-13-18-17-9-4-5-11-20(17)27-15-22(18,14-23)21(25)26/h1-5,7-9,11,18H,6,10,12-15H2,(H,25,26)/t18-,22-/m1/s1. The van der Waals surface area contributed by atoms with Crippen molar-refractivity contribution in [2.75, 3.05) is 26.2 Å². The average Bonchev–Trinajstić information content (AvgIpc) is 3.09. The van der Waals surface area contributed by atoms with Crippen molar-refractivity contribution < 1.29 is 19.4 Å². The third-order valence-corrected chi connectivity index (χ3v) is 5.79. The molecule has 4 rings (SSSR count). The van der Waals surface area contributed by atoms with Gasteiger partial charge in [0.05, 0.1) is 0 Å². The molecule has 1 N–H and O–H groups in total. The Hall–Kier alpha value is -2.66. The van der Waals surface area contributed by atoms with Crippen molar-refractivity contribution >= 4 is 11.8 Å². The van der Waals surface area contributed by atoms with Gasteiger partial charge in [-0.3, -0.25) is 9.59 Å². The van der Waals surface area contributed by atoms with E-state index in [-0.39, 0.29) is 18.3 Å². The molecule has 1 saturated heterocycles. The van der Waals surface area contributed by atoms with E-state index in [2.05, 4.69) is 4.90 Å². The first-order chi connectivity index (χ1) is 13.1. The largest absolute Gasteiger partial charge is 0.492 e. The van der Waals surface area contributed by atoms with Crippen molar-refractivity contribution in [2.24, 2.45) is 5.41 Å². The fraction of sp³-hybridized carbons (Fsp3) is 0.364. The predicted molar refractivity (Wildman–Crippen MR) is 101 cm³/mol. The van der Waals surface area contributed by atoms with E-state index in [1.54, 1.807) is 0 Å². The van der Waals surface area contributed by atoms with Crippen molar-refractivity contribution in [3.8, 4) is 5.75 Å². The molecule has 0 aromatic heterocycles. The molecule has 0 aliphatic carbocycles. The first kappa shape index (κ1) is 17.7. The molecule has 2 aromatic rings. The molecule has 2 aromatic carbocycles. The highest BCUT2D eigenvalue weighted by atomic mass is 16.5. The van der Waals surface area contributed by atoms with E-state index in [9.17, 15) is 14.7 Å². The summed E-state index contributed by atoms with van der Waals surface area (Å²) in [6.45, 7) is 2.06. The molecule has 0 spiro atoms. The van der Waals surface area contributed by atoms with Gasteiger partial charge in [0.2, 0.25) is 0 Å². The fourth-order valence-corrected chi connectivity index (χ4v) is 4.34.